The molecule has 3 nitrogen and oxygen atoms in total. The second-order valence-corrected chi connectivity index (χ2v) is 8.13. The first-order chi connectivity index (χ1) is 10.3. The molecule has 1 N–H and O–H groups in total. The fourth-order valence-corrected chi connectivity index (χ4v) is 5.25. The van der Waals surface area contributed by atoms with E-state index in [1.165, 1.54) is 22.8 Å². The van der Waals surface area contributed by atoms with E-state index >= 15 is 0 Å². The van der Waals surface area contributed by atoms with Gasteiger partial charge in [-0.1, -0.05) is 25.8 Å². The molecule has 0 spiro atoms. The molecule has 2 aliphatic heterocycles. The van der Waals surface area contributed by atoms with Crippen LogP contribution in [0.25, 0.3) is 0 Å². The number of carbonyl (C=O) groups is 1. The van der Waals surface area contributed by atoms with Crippen LogP contribution >= 0.6 is 23.1 Å². The molecule has 5 heteroatoms. The predicted molar refractivity (Wildman–Crippen MR) is 90.7 cm³/mol. The first-order valence-corrected chi connectivity index (χ1v) is 10.0. The number of amides is 1. The summed E-state index contributed by atoms with van der Waals surface area (Å²) in [6.45, 7) is 3.10. The lowest BCUT2D eigenvalue weighted by molar-refractivity contribution is -0.130. The van der Waals surface area contributed by atoms with Crippen molar-refractivity contribution in [1.29, 1.82) is 0 Å². The maximum Gasteiger partial charge on any atom is 0.241 e. The van der Waals surface area contributed by atoms with Gasteiger partial charge in [-0.25, -0.2) is 0 Å². The number of hydrogen-bond donors (Lipinski definition) is 1. The zero-order valence-electron chi connectivity index (χ0n) is 12.6. The Morgan fingerprint density at radius 3 is 3.05 bits per heavy atom. The summed E-state index contributed by atoms with van der Waals surface area (Å²) in [5, 5.41) is 5.68. The van der Waals surface area contributed by atoms with Crippen molar-refractivity contribution in [1.82, 2.24) is 10.2 Å². The lowest BCUT2D eigenvalue weighted by Gasteiger charge is -2.26. The molecule has 0 radical (unpaired) electrons. The molecule has 1 amide bonds. The van der Waals surface area contributed by atoms with Gasteiger partial charge < -0.3 is 4.90 Å². The quantitative estimate of drug-likeness (QED) is 0.869. The van der Waals surface area contributed by atoms with E-state index in [2.05, 4.69) is 34.7 Å². The van der Waals surface area contributed by atoms with Crippen LogP contribution in [-0.2, 0) is 4.79 Å². The first-order valence-electron chi connectivity index (χ1n) is 7.97. The summed E-state index contributed by atoms with van der Waals surface area (Å²) in [7, 11) is 0. The Hall–Kier alpha value is -0.520. The molecule has 0 bridgehead atoms. The zero-order chi connectivity index (χ0) is 14.7. The van der Waals surface area contributed by atoms with Gasteiger partial charge in [-0.3, -0.25) is 10.1 Å². The summed E-state index contributed by atoms with van der Waals surface area (Å²) >= 11 is 3.77. The number of carbonyl (C=O) groups excluding carboxylic acids is 1. The Morgan fingerprint density at radius 2 is 2.38 bits per heavy atom. The first kappa shape index (κ1) is 15.4. The highest BCUT2D eigenvalue weighted by Crippen LogP contribution is 2.33. The van der Waals surface area contributed by atoms with E-state index < -0.39 is 0 Å². The van der Waals surface area contributed by atoms with Gasteiger partial charge in [0.15, 0.2) is 0 Å². The van der Waals surface area contributed by atoms with Gasteiger partial charge in [0.1, 0.15) is 6.17 Å². The van der Waals surface area contributed by atoms with Crippen LogP contribution in [0.1, 0.15) is 43.6 Å². The Morgan fingerprint density at radius 1 is 1.48 bits per heavy atom. The highest BCUT2D eigenvalue weighted by Gasteiger charge is 2.40. The fraction of sp³-hybridized carbons (Fsp3) is 0.688. The SMILES string of the molecule is CCCCC1NC(c2cccs2)N(CC2CCSC2)C1=O. The summed E-state index contributed by atoms with van der Waals surface area (Å²) in [4.78, 5) is 16.2. The van der Waals surface area contributed by atoms with Crippen molar-refractivity contribution in [2.24, 2.45) is 5.92 Å². The van der Waals surface area contributed by atoms with Gasteiger partial charge in [0, 0.05) is 11.4 Å². The van der Waals surface area contributed by atoms with Gasteiger partial charge >= 0.3 is 0 Å². The van der Waals surface area contributed by atoms with Crippen molar-refractivity contribution in [2.75, 3.05) is 18.1 Å². The van der Waals surface area contributed by atoms with E-state index in [1.54, 1.807) is 11.3 Å². The van der Waals surface area contributed by atoms with Crippen LogP contribution in [0.3, 0.4) is 0 Å². The highest BCUT2D eigenvalue weighted by molar-refractivity contribution is 7.99. The minimum absolute atomic E-state index is 0.0195. The topological polar surface area (TPSA) is 32.3 Å². The zero-order valence-corrected chi connectivity index (χ0v) is 14.2. The summed E-state index contributed by atoms with van der Waals surface area (Å²) in [6.07, 6.45) is 4.59. The van der Waals surface area contributed by atoms with Crippen LogP contribution in [0.2, 0.25) is 0 Å². The van der Waals surface area contributed by atoms with Gasteiger partial charge in [0.25, 0.3) is 0 Å². The van der Waals surface area contributed by atoms with Crippen LogP contribution in [0, 0.1) is 5.92 Å². The molecule has 21 heavy (non-hydrogen) atoms. The largest absolute Gasteiger partial charge is 0.320 e. The standard InChI is InChI=1S/C16H24N2OS2/c1-2-3-5-13-16(19)18(10-12-7-9-20-11-12)15(17-13)14-6-4-8-21-14/h4,6,8,12-13,15,17H,2-3,5,7,9-11H2,1H3. The van der Waals surface area contributed by atoms with E-state index in [9.17, 15) is 4.79 Å². The van der Waals surface area contributed by atoms with E-state index in [-0.39, 0.29) is 12.2 Å². The molecule has 2 fully saturated rings. The van der Waals surface area contributed by atoms with Crippen LogP contribution in [0.15, 0.2) is 17.5 Å². The van der Waals surface area contributed by atoms with Crippen LogP contribution in [0.4, 0.5) is 0 Å². The third kappa shape index (κ3) is 3.46. The molecule has 2 saturated heterocycles. The maximum absolute atomic E-state index is 12.8. The summed E-state index contributed by atoms with van der Waals surface area (Å²) < 4.78 is 0. The molecule has 3 heterocycles. The molecule has 3 rings (SSSR count). The minimum Gasteiger partial charge on any atom is -0.320 e. The second kappa shape index (κ2) is 7.16. The Bertz CT molecular complexity index is 457. The molecule has 1 aromatic rings. The van der Waals surface area contributed by atoms with Crippen LogP contribution in [0.5, 0.6) is 0 Å². The van der Waals surface area contributed by atoms with Crippen molar-refractivity contribution in [3.63, 3.8) is 0 Å². The van der Waals surface area contributed by atoms with Crippen LogP contribution in [-0.4, -0.2) is 34.9 Å². The van der Waals surface area contributed by atoms with E-state index in [0.29, 0.717) is 11.8 Å². The number of thioether (sulfide) groups is 1. The maximum atomic E-state index is 12.8. The highest BCUT2D eigenvalue weighted by atomic mass is 32.2. The average Bonchev–Trinajstić information content (AvgIpc) is 3.21. The van der Waals surface area contributed by atoms with Crippen molar-refractivity contribution in [2.45, 2.75) is 44.8 Å². The van der Waals surface area contributed by atoms with Gasteiger partial charge in [-0.2, -0.15) is 11.8 Å². The second-order valence-electron chi connectivity index (χ2n) is 6.00. The molecule has 2 aliphatic rings. The van der Waals surface area contributed by atoms with E-state index in [4.69, 9.17) is 0 Å². The van der Waals surface area contributed by atoms with Crippen molar-refractivity contribution in [3.8, 4) is 0 Å². The number of hydrogen-bond acceptors (Lipinski definition) is 4. The van der Waals surface area contributed by atoms with Crippen molar-refractivity contribution >= 4 is 29.0 Å². The molecular weight excluding hydrogens is 300 g/mol. The Labute approximate surface area is 135 Å². The molecule has 0 aromatic carbocycles. The normalized spacial score (nSPS) is 29.5. The van der Waals surface area contributed by atoms with Crippen LogP contribution < -0.4 is 5.32 Å². The molecule has 3 unspecified atom stereocenters. The minimum atomic E-state index is 0.0195. The monoisotopic (exact) mass is 324 g/mol. The summed E-state index contributed by atoms with van der Waals surface area (Å²) in [6, 6.07) is 4.25. The Balaban J connectivity index is 1.73. The number of rotatable bonds is 6. The lowest BCUT2D eigenvalue weighted by Crippen LogP contribution is -2.35. The third-order valence-corrected chi connectivity index (χ3v) is 6.55. The van der Waals surface area contributed by atoms with Crippen molar-refractivity contribution in [3.05, 3.63) is 22.4 Å². The van der Waals surface area contributed by atoms with Gasteiger partial charge in [-0.15, -0.1) is 11.3 Å². The number of nitrogens with one attached hydrogen (secondary N) is 1. The molecule has 0 aliphatic carbocycles. The molecular formula is C16H24N2OS2. The van der Waals surface area contributed by atoms with Gasteiger partial charge in [0.05, 0.1) is 6.04 Å². The lowest BCUT2D eigenvalue weighted by atomic mass is 10.1. The summed E-state index contributed by atoms with van der Waals surface area (Å²) in [5.74, 6) is 3.45. The fourth-order valence-electron chi connectivity index (χ4n) is 3.18. The van der Waals surface area contributed by atoms with Gasteiger partial charge in [0.2, 0.25) is 5.91 Å². The number of unbranched alkanes of at least 4 members (excludes halogenated alkanes) is 1. The number of thiophene rings is 1. The molecule has 116 valence electrons. The smallest absolute Gasteiger partial charge is 0.241 e. The molecule has 3 atom stereocenters. The van der Waals surface area contributed by atoms with E-state index in [1.807, 2.05) is 11.8 Å². The molecule has 1 aromatic heterocycles. The summed E-state index contributed by atoms with van der Waals surface area (Å²) in [5.41, 5.74) is 0. The average molecular weight is 325 g/mol. The molecule has 0 saturated carbocycles. The van der Waals surface area contributed by atoms with E-state index in [0.717, 1.165) is 25.8 Å². The number of nitrogens with zero attached hydrogens (tertiary/aromatic N) is 1. The van der Waals surface area contributed by atoms with Gasteiger partial charge in [-0.05, 0) is 41.7 Å². The Kier molecular flexibility index (Phi) is 5.24. The van der Waals surface area contributed by atoms with Crippen molar-refractivity contribution < 1.29 is 4.79 Å². The third-order valence-electron chi connectivity index (χ3n) is 4.39. The predicted octanol–water partition coefficient (Wildman–Crippen LogP) is 3.49.